The first kappa shape index (κ1) is 14.1. The van der Waals surface area contributed by atoms with Crippen molar-refractivity contribution >= 4 is 0 Å². The van der Waals surface area contributed by atoms with Crippen LogP contribution in [0, 0.1) is 11.8 Å². The molecule has 0 atom stereocenters. The van der Waals surface area contributed by atoms with Gasteiger partial charge in [-0.05, 0) is 36.1 Å². The minimum absolute atomic E-state index is 0.888. The van der Waals surface area contributed by atoms with E-state index in [4.69, 9.17) is 0 Å². The quantitative estimate of drug-likeness (QED) is 0.833. The fourth-order valence-electron chi connectivity index (χ4n) is 2.50. The zero-order valence-electron chi connectivity index (χ0n) is 12.1. The van der Waals surface area contributed by atoms with Crippen LogP contribution in [0.1, 0.15) is 30.5 Å². The van der Waals surface area contributed by atoms with E-state index in [1.54, 1.807) is 0 Å². The molecule has 19 heavy (non-hydrogen) atoms. The van der Waals surface area contributed by atoms with Gasteiger partial charge in [-0.3, -0.25) is 4.90 Å². The lowest BCUT2D eigenvalue weighted by atomic mass is 10.0. The molecular weight excluding hydrogens is 232 g/mol. The van der Waals surface area contributed by atoms with E-state index in [9.17, 15) is 0 Å². The van der Waals surface area contributed by atoms with Crippen molar-refractivity contribution in [2.45, 2.75) is 26.7 Å². The Balaban J connectivity index is 1.98. The molecule has 0 amide bonds. The van der Waals surface area contributed by atoms with E-state index in [0.717, 1.165) is 51.1 Å². The van der Waals surface area contributed by atoms with E-state index >= 15 is 0 Å². The summed E-state index contributed by atoms with van der Waals surface area (Å²) in [6, 6.07) is 6.64. The highest BCUT2D eigenvalue weighted by atomic mass is 15.2. The van der Waals surface area contributed by atoms with Crippen LogP contribution >= 0.6 is 0 Å². The predicted molar refractivity (Wildman–Crippen MR) is 81.4 cm³/mol. The Morgan fingerprint density at radius 3 is 2.53 bits per heavy atom. The van der Waals surface area contributed by atoms with Crippen LogP contribution < -0.4 is 5.32 Å². The molecule has 102 valence electrons. The lowest BCUT2D eigenvalue weighted by molar-refractivity contribution is 0.268. The highest BCUT2D eigenvalue weighted by Gasteiger charge is 2.06. The topological polar surface area (TPSA) is 15.3 Å². The molecule has 0 aliphatic carbocycles. The molecule has 1 saturated heterocycles. The van der Waals surface area contributed by atoms with Gasteiger partial charge in [0.2, 0.25) is 0 Å². The molecule has 2 heteroatoms. The lowest BCUT2D eigenvalue weighted by Crippen LogP contribution is -2.43. The summed E-state index contributed by atoms with van der Waals surface area (Å²) in [6.07, 6.45) is 2.20. The normalized spacial score (nSPS) is 15.9. The third-order valence-corrected chi connectivity index (χ3v) is 3.71. The molecule has 0 unspecified atom stereocenters. The Hall–Kier alpha value is -1.30. The van der Waals surface area contributed by atoms with E-state index in [0.29, 0.717) is 0 Å². The lowest BCUT2D eigenvalue weighted by Gasteiger charge is -2.24. The number of benzene rings is 1. The highest BCUT2D eigenvalue weighted by Crippen LogP contribution is 2.13. The fourth-order valence-corrected chi connectivity index (χ4v) is 2.50. The molecule has 2 rings (SSSR count). The first-order valence-electron chi connectivity index (χ1n) is 7.37. The maximum absolute atomic E-state index is 3.36. The predicted octanol–water partition coefficient (Wildman–Crippen LogP) is 2.07. The van der Waals surface area contributed by atoms with Gasteiger partial charge in [0, 0.05) is 31.7 Å². The van der Waals surface area contributed by atoms with Crippen molar-refractivity contribution in [1.29, 1.82) is 0 Å². The molecule has 1 N–H and O–H groups in total. The molecule has 0 saturated carbocycles. The zero-order chi connectivity index (χ0) is 13.5. The SMILES string of the molecule is CCc1ccc(C#CCN2CCNCC2)cc1CC. The van der Waals surface area contributed by atoms with Gasteiger partial charge in [-0.2, -0.15) is 0 Å². The van der Waals surface area contributed by atoms with Crippen LogP contribution in [0.25, 0.3) is 0 Å². The Morgan fingerprint density at radius 2 is 1.84 bits per heavy atom. The molecule has 1 aliphatic rings. The van der Waals surface area contributed by atoms with Crippen LogP contribution in [0.3, 0.4) is 0 Å². The van der Waals surface area contributed by atoms with Gasteiger partial charge in [-0.25, -0.2) is 0 Å². The van der Waals surface area contributed by atoms with E-state index in [1.807, 2.05) is 0 Å². The Kier molecular flexibility index (Phi) is 5.44. The summed E-state index contributed by atoms with van der Waals surface area (Å²) < 4.78 is 0. The molecule has 1 heterocycles. The van der Waals surface area contributed by atoms with E-state index in [1.165, 1.54) is 11.1 Å². The smallest absolute Gasteiger partial charge is 0.0606 e. The standard InChI is InChI=1S/C17H24N2/c1-3-16-8-7-15(14-17(16)4-2)6-5-11-19-12-9-18-10-13-19/h7-8,14,18H,3-4,9-13H2,1-2H3. The molecule has 0 spiro atoms. The number of rotatable bonds is 3. The van der Waals surface area contributed by atoms with Gasteiger partial charge < -0.3 is 5.32 Å². The maximum atomic E-state index is 3.36. The molecule has 1 aromatic carbocycles. The molecule has 0 radical (unpaired) electrons. The van der Waals surface area contributed by atoms with Gasteiger partial charge in [0.1, 0.15) is 0 Å². The molecule has 0 bridgehead atoms. The number of aryl methyl sites for hydroxylation is 2. The Labute approximate surface area is 117 Å². The van der Waals surface area contributed by atoms with Crippen molar-refractivity contribution in [2.24, 2.45) is 0 Å². The van der Waals surface area contributed by atoms with E-state index in [2.05, 4.69) is 54.1 Å². The fraction of sp³-hybridized carbons (Fsp3) is 0.529. The van der Waals surface area contributed by atoms with Crippen molar-refractivity contribution < 1.29 is 0 Å². The molecule has 1 aromatic rings. The van der Waals surface area contributed by atoms with Crippen molar-refractivity contribution in [3.63, 3.8) is 0 Å². The summed E-state index contributed by atoms with van der Waals surface area (Å²) in [5.41, 5.74) is 4.05. The minimum Gasteiger partial charge on any atom is -0.314 e. The van der Waals surface area contributed by atoms with Crippen LogP contribution in [-0.2, 0) is 12.8 Å². The van der Waals surface area contributed by atoms with Gasteiger partial charge in [0.25, 0.3) is 0 Å². The minimum atomic E-state index is 0.888. The Bertz CT molecular complexity index is 462. The first-order chi connectivity index (χ1) is 9.33. The summed E-state index contributed by atoms with van der Waals surface area (Å²) in [5, 5.41) is 3.36. The van der Waals surface area contributed by atoms with Gasteiger partial charge in [-0.1, -0.05) is 31.8 Å². The van der Waals surface area contributed by atoms with Crippen molar-refractivity contribution in [2.75, 3.05) is 32.7 Å². The monoisotopic (exact) mass is 256 g/mol. The Morgan fingerprint density at radius 1 is 1.11 bits per heavy atom. The summed E-state index contributed by atoms with van der Waals surface area (Å²) >= 11 is 0. The van der Waals surface area contributed by atoms with Gasteiger partial charge in [0.05, 0.1) is 6.54 Å². The largest absolute Gasteiger partial charge is 0.314 e. The average molecular weight is 256 g/mol. The number of nitrogens with one attached hydrogen (secondary N) is 1. The van der Waals surface area contributed by atoms with E-state index < -0.39 is 0 Å². The number of hydrogen-bond acceptors (Lipinski definition) is 2. The third-order valence-electron chi connectivity index (χ3n) is 3.71. The maximum Gasteiger partial charge on any atom is 0.0606 e. The second kappa shape index (κ2) is 7.33. The van der Waals surface area contributed by atoms with Crippen LogP contribution in [0.4, 0.5) is 0 Å². The zero-order valence-corrected chi connectivity index (χ0v) is 12.1. The number of piperazine rings is 1. The highest BCUT2D eigenvalue weighted by molar-refractivity contribution is 5.41. The van der Waals surface area contributed by atoms with Gasteiger partial charge in [-0.15, -0.1) is 0 Å². The van der Waals surface area contributed by atoms with Crippen LogP contribution in [0.15, 0.2) is 18.2 Å². The third kappa shape index (κ3) is 4.09. The molecule has 1 fully saturated rings. The van der Waals surface area contributed by atoms with Crippen molar-refractivity contribution in [3.05, 3.63) is 34.9 Å². The summed E-state index contributed by atoms with van der Waals surface area (Å²) in [6.45, 7) is 9.72. The second-order valence-corrected chi connectivity index (χ2v) is 5.02. The van der Waals surface area contributed by atoms with Crippen LogP contribution in [-0.4, -0.2) is 37.6 Å². The molecule has 0 aromatic heterocycles. The first-order valence-corrected chi connectivity index (χ1v) is 7.37. The van der Waals surface area contributed by atoms with Crippen molar-refractivity contribution in [1.82, 2.24) is 10.2 Å². The van der Waals surface area contributed by atoms with Crippen LogP contribution in [0.5, 0.6) is 0 Å². The molecular formula is C17H24N2. The van der Waals surface area contributed by atoms with Gasteiger partial charge >= 0.3 is 0 Å². The van der Waals surface area contributed by atoms with Crippen LogP contribution in [0.2, 0.25) is 0 Å². The second-order valence-electron chi connectivity index (χ2n) is 5.02. The average Bonchev–Trinajstić information content (AvgIpc) is 2.48. The summed E-state index contributed by atoms with van der Waals surface area (Å²) in [5.74, 6) is 6.61. The summed E-state index contributed by atoms with van der Waals surface area (Å²) in [7, 11) is 0. The van der Waals surface area contributed by atoms with E-state index in [-0.39, 0.29) is 0 Å². The van der Waals surface area contributed by atoms with Crippen molar-refractivity contribution in [3.8, 4) is 11.8 Å². The van der Waals surface area contributed by atoms with Gasteiger partial charge in [0.15, 0.2) is 0 Å². The molecule has 1 aliphatic heterocycles. The number of hydrogen-bond donors (Lipinski definition) is 1. The molecule has 2 nitrogen and oxygen atoms in total. The summed E-state index contributed by atoms with van der Waals surface area (Å²) in [4.78, 5) is 2.41. The number of nitrogens with zero attached hydrogens (tertiary/aromatic N) is 1.